The third kappa shape index (κ3) is 3.27. The van der Waals surface area contributed by atoms with Gasteiger partial charge in [0.15, 0.2) is 0 Å². The number of hydrogen-bond donors (Lipinski definition) is 1. The summed E-state index contributed by atoms with van der Waals surface area (Å²) in [5.74, 6) is 2.00. The normalized spacial score (nSPS) is 27.2. The lowest BCUT2D eigenvalue weighted by Gasteiger charge is -2.19. The molecule has 2 fully saturated rings. The lowest BCUT2D eigenvalue weighted by molar-refractivity contribution is 0.384. The maximum atomic E-state index is 3.74. The Kier molecular flexibility index (Phi) is 3.86. The highest BCUT2D eigenvalue weighted by molar-refractivity contribution is 4.83. The van der Waals surface area contributed by atoms with E-state index >= 15 is 0 Å². The van der Waals surface area contributed by atoms with E-state index in [2.05, 4.69) is 12.2 Å². The van der Waals surface area contributed by atoms with Gasteiger partial charge in [0, 0.05) is 6.04 Å². The third-order valence-electron chi connectivity index (χ3n) is 4.03. The molecule has 0 amide bonds. The summed E-state index contributed by atoms with van der Waals surface area (Å²) in [6.07, 6.45) is 11.8. The van der Waals surface area contributed by atoms with Crippen LogP contribution in [0.3, 0.4) is 0 Å². The quantitative estimate of drug-likeness (QED) is 0.678. The van der Waals surface area contributed by atoms with E-state index in [-0.39, 0.29) is 0 Å². The smallest absolute Gasteiger partial charge is 0.00671 e. The Balaban J connectivity index is 1.62. The van der Waals surface area contributed by atoms with Gasteiger partial charge in [0.1, 0.15) is 0 Å². The van der Waals surface area contributed by atoms with Gasteiger partial charge < -0.3 is 5.32 Å². The summed E-state index contributed by atoms with van der Waals surface area (Å²) in [4.78, 5) is 0. The van der Waals surface area contributed by atoms with Crippen LogP contribution < -0.4 is 5.32 Å². The molecule has 1 heteroatoms. The van der Waals surface area contributed by atoms with E-state index < -0.39 is 0 Å². The lowest BCUT2D eigenvalue weighted by Crippen LogP contribution is -2.32. The molecule has 0 aliphatic heterocycles. The molecule has 0 saturated heterocycles. The summed E-state index contributed by atoms with van der Waals surface area (Å²) in [6.45, 7) is 3.66. The molecule has 1 N–H and O–H groups in total. The van der Waals surface area contributed by atoms with Crippen molar-refractivity contribution in [3.05, 3.63) is 0 Å². The van der Waals surface area contributed by atoms with Crippen molar-refractivity contribution in [2.24, 2.45) is 11.8 Å². The molecule has 2 aliphatic rings. The zero-order chi connectivity index (χ0) is 9.80. The highest BCUT2D eigenvalue weighted by Crippen LogP contribution is 2.32. The Hall–Kier alpha value is -0.0400. The van der Waals surface area contributed by atoms with Crippen molar-refractivity contribution >= 4 is 0 Å². The Morgan fingerprint density at radius 2 is 1.64 bits per heavy atom. The zero-order valence-corrected chi connectivity index (χ0v) is 9.60. The predicted molar refractivity (Wildman–Crippen MR) is 61.4 cm³/mol. The molecule has 1 nitrogen and oxygen atoms in total. The highest BCUT2D eigenvalue weighted by atomic mass is 14.9. The standard InChI is InChI=1S/C13H25N/c1-11(13-8-9-13)14-10-12-6-4-2-3-5-7-12/h11-14H,2-10H2,1H3. The van der Waals surface area contributed by atoms with Crippen LogP contribution in [0.4, 0.5) is 0 Å². The van der Waals surface area contributed by atoms with Crippen molar-refractivity contribution in [1.82, 2.24) is 5.32 Å². The second-order valence-electron chi connectivity index (χ2n) is 5.39. The largest absolute Gasteiger partial charge is 0.314 e. The highest BCUT2D eigenvalue weighted by Gasteiger charge is 2.27. The SMILES string of the molecule is CC(NCC1CCCCCC1)C1CC1. The molecule has 14 heavy (non-hydrogen) atoms. The number of nitrogens with one attached hydrogen (secondary N) is 1. The van der Waals surface area contributed by atoms with E-state index in [9.17, 15) is 0 Å². The van der Waals surface area contributed by atoms with Crippen LogP contribution in [0, 0.1) is 11.8 Å². The van der Waals surface area contributed by atoms with Crippen LogP contribution in [0.25, 0.3) is 0 Å². The minimum atomic E-state index is 0.790. The Labute approximate surface area is 88.7 Å². The molecule has 1 atom stereocenters. The molecule has 2 aliphatic carbocycles. The lowest BCUT2D eigenvalue weighted by atomic mass is 10.00. The van der Waals surface area contributed by atoms with E-state index in [1.165, 1.54) is 57.9 Å². The number of rotatable bonds is 4. The van der Waals surface area contributed by atoms with E-state index in [1.807, 2.05) is 0 Å². The van der Waals surface area contributed by atoms with Crippen LogP contribution in [0.1, 0.15) is 58.3 Å². The second-order valence-corrected chi connectivity index (χ2v) is 5.39. The Morgan fingerprint density at radius 1 is 1.00 bits per heavy atom. The van der Waals surface area contributed by atoms with Gasteiger partial charge in [-0.3, -0.25) is 0 Å². The van der Waals surface area contributed by atoms with Gasteiger partial charge in [0.2, 0.25) is 0 Å². The van der Waals surface area contributed by atoms with Gasteiger partial charge in [-0.25, -0.2) is 0 Å². The molecule has 1 unspecified atom stereocenters. The molecule has 0 bridgehead atoms. The maximum absolute atomic E-state index is 3.74. The van der Waals surface area contributed by atoms with Crippen molar-refractivity contribution in [2.75, 3.05) is 6.54 Å². The predicted octanol–water partition coefficient (Wildman–Crippen LogP) is 3.34. The zero-order valence-electron chi connectivity index (χ0n) is 9.60. The fourth-order valence-corrected chi connectivity index (χ4v) is 2.68. The Morgan fingerprint density at radius 3 is 2.21 bits per heavy atom. The summed E-state index contributed by atoms with van der Waals surface area (Å²) in [6, 6.07) is 0.790. The molecule has 0 radical (unpaired) electrons. The molecule has 0 heterocycles. The fourth-order valence-electron chi connectivity index (χ4n) is 2.68. The Bertz CT molecular complexity index is 155. The van der Waals surface area contributed by atoms with Crippen molar-refractivity contribution < 1.29 is 0 Å². The average molecular weight is 195 g/mol. The molecule has 0 aromatic heterocycles. The van der Waals surface area contributed by atoms with Crippen LogP contribution in [0.5, 0.6) is 0 Å². The van der Waals surface area contributed by atoms with Gasteiger partial charge in [-0.1, -0.05) is 25.7 Å². The van der Waals surface area contributed by atoms with Gasteiger partial charge in [0.05, 0.1) is 0 Å². The first-order valence-electron chi connectivity index (χ1n) is 6.59. The van der Waals surface area contributed by atoms with Crippen LogP contribution in [-0.4, -0.2) is 12.6 Å². The van der Waals surface area contributed by atoms with E-state index in [0.29, 0.717) is 0 Å². The van der Waals surface area contributed by atoms with Crippen molar-refractivity contribution in [2.45, 2.75) is 64.3 Å². The monoisotopic (exact) mass is 195 g/mol. The third-order valence-corrected chi connectivity index (χ3v) is 4.03. The second kappa shape index (κ2) is 5.16. The van der Waals surface area contributed by atoms with Crippen LogP contribution in [-0.2, 0) is 0 Å². The summed E-state index contributed by atoms with van der Waals surface area (Å²) >= 11 is 0. The first kappa shape index (κ1) is 10.5. The molecule has 82 valence electrons. The van der Waals surface area contributed by atoms with Crippen LogP contribution in [0.2, 0.25) is 0 Å². The van der Waals surface area contributed by atoms with Crippen LogP contribution in [0.15, 0.2) is 0 Å². The molecule has 0 aromatic carbocycles. The molecule has 0 aromatic rings. The molecule has 2 saturated carbocycles. The number of hydrogen-bond acceptors (Lipinski definition) is 1. The molecule has 2 rings (SSSR count). The summed E-state index contributed by atoms with van der Waals surface area (Å²) in [5, 5.41) is 3.74. The minimum absolute atomic E-state index is 0.790. The maximum Gasteiger partial charge on any atom is 0.00671 e. The molecule has 0 spiro atoms. The van der Waals surface area contributed by atoms with Gasteiger partial charge in [-0.2, -0.15) is 0 Å². The molecular weight excluding hydrogens is 170 g/mol. The van der Waals surface area contributed by atoms with Crippen molar-refractivity contribution in [1.29, 1.82) is 0 Å². The van der Waals surface area contributed by atoms with Gasteiger partial charge >= 0.3 is 0 Å². The van der Waals surface area contributed by atoms with Gasteiger partial charge in [-0.05, 0) is 51.0 Å². The van der Waals surface area contributed by atoms with Gasteiger partial charge in [0.25, 0.3) is 0 Å². The van der Waals surface area contributed by atoms with E-state index in [1.54, 1.807) is 0 Å². The van der Waals surface area contributed by atoms with Crippen molar-refractivity contribution in [3.8, 4) is 0 Å². The summed E-state index contributed by atoms with van der Waals surface area (Å²) in [5.41, 5.74) is 0. The summed E-state index contributed by atoms with van der Waals surface area (Å²) < 4.78 is 0. The van der Waals surface area contributed by atoms with Crippen molar-refractivity contribution in [3.63, 3.8) is 0 Å². The fraction of sp³-hybridized carbons (Fsp3) is 1.00. The van der Waals surface area contributed by atoms with Crippen LogP contribution >= 0.6 is 0 Å². The first-order chi connectivity index (χ1) is 6.86. The topological polar surface area (TPSA) is 12.0 Å². The molecular formula is C13H25N. The first-order valence-corrected chi connectivity index (χ1v) is 6.59. The van der Waals surface area contributed by atoms with Gasteiger partial charge in [-0.15, -0.1) is 0 Å². The van der Waals surface area contributed by atoms with E-state index in [0.717, 1.165) is 17.9 Å². The summed E-state index contributed by atoms with van der Waals surface area (Å²) in [7, 11) is 0. The minimum Gasteiger partial charge on any atom is -0.314 e. The average Bonchev–Trinajstić information content (AvgIpc) is 3.01. The van der Waals surface area contributed by atoms with E-state index in [4.69, 9.17) is 0 Å².